The second-order valence-corrected chi connectivity index (χ2v) is 8.16. The fraction of sp³-hybridized carbons (Fsp3) is 0.0476. The van der Waals surface area contributed by atoms with Crippen LogP contribution in [0.15, 0.2) is 47.3 Å². The number of thiophene rings is 1. The number of benzene rings is 2. The van der Waals surface area contributed by atoms with E-state index in [2.05, 4.69) is 4.98 Å². The highest BCUT2D eigenvalue weighted by atomic mass is 35.5. The second-order valence-electron chi connectivity index (χ2n) is 6.54. The van der Waals surface area contributed by atoms with Crippen molar-refractivity contribution in [3.05, 3.63) is 68.3 Å². The van der Waals surface area contributed by atoms with Crippen molar-refractivity contribution in [1.82, 2.24) is 4.98 Å². The Labute approximate surface area is 173 Å². The molecule has 0 unspecified atom stereocenters. The highest BCUT2D eigenvalue weighted by Crippen LogP contribution is 2.48. The van der Waals surface area contributed by atoms with E-state index in [9.17, 15) is 24.9 Å². The molecule has 2 heterocycles. The van der Waals surface area contributed by atoms with E-state index in [1.54, 1.807) is 24.3 Å². The smallest absolute Gasteiger partial charge is 0.335 e. The number of pyridine rings is 1. The highest BCUT2D eigenvalue weighted by Gasteiger charge is 2.23. The van der Waals surface area contributed by atoms with E-state index >= 15 is 0 Å². The third kappa shape index (κ3) is 3.14. The van der Waals surface area contributed by atoms with Crippen LogP contribution in [0.5, 0.6) is 11.5 Å². The van der Waals surface area contributed by atoms with Crippen LogP contribution in [0.3, 0.4) is 0 Å². The zero-order valence-corrected chi connectivity index (χ0v) is 16.6. The van der Waals surface area contributed by atoms with Gasteiger partial charge in [-0.05, 0) is 36.2 Å². The number of carboxylic acid groups (broad SMARTS) is 1. The number of aromatic carboxylic acids is 1. The van der Waals surface area contributed by atoms with Crippen molar-refractivity contribution < 1.29 is 20.1 Å². The van der Waals surface area contributed by atoms with E-state index in [0.717, 1.165) is 16.9 Å². The van der Waals surface area contributed by atoms with Crippen molar-refractivity contribution in [3.8, 4) is 33.8 Å². The number of carbonyl (C=O) groups is 1. The molecular formula is C21H14ClNO5S. The normalized spacial score (nSPS) is 11.1. The predicted octanol–water partition coefficient (Wildman–Crippen LogP) is 4.99. The van der Waals surface area contributed by atoms with Gasteiger partial charge in [0.15, 0.2) is 0 Å². The number of carboxylic acids is 1. The summed E-state index contributed by atoms with van der Waals surface area (Å²) in [5.74, 6) is -1.48. The van der Waals surface area contributed by atoms with Gasteiger partial charge < -0.3 is 20.3 Å². The molecule has 0 bridgehead atoms. The van der Waals surface area contributed by atoms with Crippen LogP contribution < -0.4 is 5.56 Å². The van der Waals surface area contributed by atoms with Crippen LogP contribution in [-0.2, 0) is 0 Å². The van der Waals surface area contributed by atoms with Gasteiger partial charge in [0.2, 0.25) is 0 Å². The Morgan fingerprint density at radius 3 is 2.55 bits per heavy atom. The van der Waals surface area contributed by atoms with Crippen molar-refractivity contribution in [3.63, 3.8) is 0 Å². The van der Waals surface area contributed by atoms with E-state index in [1.165, 1.54) is 18.2 Å². The Kier molecular flexibility index (Phi) is 4.56. The molecule has 0 aliphatic rings. The number of rotatable bonds is 3. The number of aromatic amines is 1. The van der Waals surface area contributed by atoms with Crippen LogP contribution in [0, 0.1) is 6.92 Å². The van der Waals surface area contributed by atoms with Gasteiger partial charge in [0.25, 0.3) is 5.56 Å². The minimum atomic E-state index is -1.15. The molecule has 2 aromatic heterocycles. The zero-order valence-electron chi connectivity index (χ0n) is 15.0. The standard InChI is InChI=1S/C21H14ClNO5S/c1-9-5-6-12(13(24)7-9)15-16-17(25)14(19(26)23-20(16)29-18(15)22)10-3-2-4-11(8-10)21(27)28/h2-8,24H,1H3,(H,27,28)(H2,23,25,26). The number of fused-ring (bicyclic) bond motifs is 1. The molecule has 0 saturated carbocycles. The van der Waals surface area contributed by atoms with Crippen LogP contribution >= 0.6 is 22.9 Å². The summed E-state index contributed by atoms with van der Waals surface area (Å²) in [4.78, 5) is 27.0. The van der Waals surface area contributed by atoms with Crippen LogP contribution in [0.25, 0.3) is 32.5 Å². The first-order valence-corrected chi connectivity index (χ1v) is 9.68. The summed E-state index contributed by atoms with van der Waals surface area (Å²) < 4.78 is 0.293. The quantitative estimate of drug-likeness (QED) is 0.368. The first-order valence-electron chi connectivity index (χ1n) is 8.49. The third-order valence-electron chi connectivity index (χ3n) is 4.61. The molecule has 4 rings (SSSR count). The van der Waals surface area contributed by atoms with Crippen molar-refractivity contribution in [1.29, 1.82) is 0 Å². The number of nitrogens with one attached hydrogen (secondary N) is 1. The van der Waals surface area contributed by atoms with Gasteiger partial charge in [-0.1, -0.05) is 35.9 Å². The molecule has 4 N–H and O–H groups in total. The van der Waals surface area contributed by atoms with Crippen molar-refractivity contribution >= 4 is 39.1 Å². The lowest BCUT2D eigenvalue weighted by Crippen LogP contribution is -2.09. The summed E-state index contributed by atoms with van der Waals surface area (Å²) in [7, 11) is 0. The predicted molar refractivity (Wildman–Crippen MR) is 113 cm³/mol. The lowest BCUT2D eigenvalue weighted by Gasteiger charge is -2.10. The first-order chi connectivity index (χ1) is 13.8. The number of hydrogen-bond donors (Lipinski definition) is 4. The number of phenols is 1. The summed E-state index contributed by atoms with van der Waals surface area (Å²) in [5.41, 5.74) is 1.27. The van der Waals surface area contributed by atoms with E-state index in [4.69, 9.17) is 11.6 Å². The number of phenolic OH excluding ortho intramolecular Hbond substituents is 1. The van der Waals surface area contributed by atoms with Crippen molar-refractivity contribution in [2.24, 2.45) is 0 Å². The second kappa shape index (κ2) is 6.95. The summed E-state index contributed by atoms with van der Waals surface area (Å²) in [5, 5.41) is 30.9. The topological polar surface area (TPSA) is 111 Å². The number of aromatic nitrogens is 1. The van der Waals surface area contributed by atoms with E-state index in [-0.39, 0.29) is 33.6 Å². The molecule has 29 heavy (non-hydrogen) atoms. The first kappa shape index (κ1) is 19.0. The Balaban J connectivity index is 2.06. The van der Waals surface area contributed by atoms with E-state index < -0.39 is 11.5 Å². The Hall–Kier alpha value is -3.29. The summed E-state index contributed by atoms with van der Waals surface area (Å²) in [6.07, 6.45) is 0. The Bertz CT molecular complexity index is 1360. The van der Waals surface area contributed by atoms with Crippen LogP contribution in [0.1, 0.15) is 15.9 Å². The number of aromatic hydroxyl groups is 2. The molecule has 0 aliphatic carbocycles. The Morgan fingerprint density at radius 1 is 1.10 bits per heavy atom. The van der Waals surface area contributed by atoms with Crippen LogP contribution in [0.4, 0.5) is 0 Å². The molecule has 4 aromatic rings. The van der Waals surface area contributed by atoms with E-state index in [0.29, 0.717) is 20.3 Å². The van der Waals surface area contributed by atoms with Gasteiger partial charge in [0.1, 0.15) is 20.7 Å². The van der Waals surface area contributed by atoms with Crippen LogP contribution in [0.2, 0.25) is 4.34 Å². The van der Waals surface area contributed by atoms with Gasteiger partial charge in [0.05, 0.1) is 16.5 Å². The van der Waals surface area contributed by atoms with E-state index in [1.807, 2.05) is 6.92 Å². The van der Waals surface area contributed by atoms with Gasteiger partial charge in [-0.2, -0.15) is 0 Å². The molecule has 0 atom stereocenters. The molecule has 8 heteroatoms. The monoisotopic (exact) mass is 427 g/mol. The fourth-order valence-electron chi connectivity index (χ4n) is 3.28. The minimum absolute atomic E-state index is 0.00776. The number of aryl methyl sites for hydroxylation is 1. The number of H-pyrrole nitrogens is 1. The van der Waals surface area contributed by atoms with Crippen molar-refractivity contribution in [2.75, 3.05) is 0 Å². The molecule has 0 aliphatic heterocycles. The van der Waals surface area contributed by atoms with Gasteiger partial charge in [-0.25, -0.2) is 4.79 Å². The summed E-state index contributed by atoms with van der Waals surface area (Å²) in [6.45, 7) is 1.83. The van der Waals surface area contributed by atoms with Gasteiger partial charge in [-0.15, -0.1) is 11.3 Å². The molecule has 0 radical (unpaired) electrons. The third-order valence-corrected chi connectivity index (χ3v) is 5.93. The molecule has 0 spiro atoms. The summed E-state index contributed by atoms with van der Waals surface area (Å²) >= 11 is 7.47. The zero-order chi connectivity index (χ0) is 20.9. The highest BCUT2D eigenvalue weighted by molar-refractivity contribution is 7.23. The average molecular weight is 428 g/mol. The molecule has 0 fully saturated rings. The maximum atomic E-state index is 12.7. The fourth-order valence-corrected chi connectivity index (χ4v) is 4.65. The molecule has 6 nitrogen and oxygen atoms in total. The SMILES string of the molecule is Cc1ccc(-c2c(Cl)sc3[nH]c(=O)c(-c4cccc(C(=O)O)c4)c(O)c23)c(O)c1. The van der Waals surface area contributed by atoms with Gasteiger partial charge in [0, 0.05) is 11.1 Å². The van der Waals surface area contributed by atoms with Crippen molar-refractivity contribution in [2.45, 2.75) is 6.92 Å². The molecular weight excluding hydrogens is 414 g/mol. The maximum Gasteiger partial charge on any atom is 0.335 e. The molecule has 146 valence electrons. The van der Waals surface area contributed by atoms with Gasteiger partial charge in [-0.3, -0.25) is 4.79 Å². The van der Waals surface area contributed by atoms with Gasteiger partial charge >= 0.3 is 5.97 Å². The lowest BCUT2D eigenvalue weighted by molar-refractivity contribution is 0.0697. The largest absolute Gasteiger partial charge is 0.507 e. The number of hydrogen-bond acceptors (Lipinski definition) is 5. The molecule has 0 saturated heterocycles. The maximum absolute atomic E-state index is 12.7. The molecule has 2 aromatic carbocycles. The number of halogens is 1. The lowest BCUT2D eigenvalue weighted by atomic mass is 9.98. The average Bonchev–Trinajstić information content (AvgIpc) is 2.98. The van der Waals surface area contributed by atoms with Crippen LogP contribution in [-0.4, -0.2) is 26.3 Å². The minimum Gasteiger partial charge on any atom is -0.507 e. The molecule has 0 amide bonds. The summed E-state index contributed by atoms with van der Waals surface area (Å²) in [6, 6.07) is 10.8. The Morgan fingerprint density at radius 2 is 1.86 bits per heavy atom.